The number of anilines is 1. The lowest BCUT2D eigenvalue weighted by Gasteiger charge is -2.18. The lowest BCUT2D eigenvalue weighted by molar-refractivity contribution is -0.126. The van der Waals surface area contributed by atoms with Gasteiger partial charge in [0.05, 0.1) is 18.6 Å². The smallest absolute Gasteiger partial charge is 0.337 e. The minimum atomic E-state index is -0.392. The second-order valence-electron chi connectivity index (χ2n) is 7.62. The molecule has 150 valence electrons. The molecule has 0 saturated carbocycles. The summed E-state index contributed by atoms with van der Waals surface area (Å²) >= 11 is 0. The van der Waals surface area contributed by atoms with Crippen molar-refractivity contribution in [1.82, 2.24) is 5.32 Å². The van der Waals surface area contributed by atoms with Gasteiger partial charge in [-0.1, -0.05) is 18.2 Å². The summed E-state index contributed by atoms with van der Waals surface area (Å²) in [6.07, 6.45) is 3.56. The van der Waals surface area contributed by atoms with E-state index in [0.29, 0.717) is 18.7 Å². The summed E-state index contributed by atoms with van der Waals surface area (Å²) in [5, 5.41) is 2.90. The van der Waals surface area contributed by atoms with Crippen molar-refractivity contribution in [1.29, 1.82) is 0 Å². The number of ether oxygens (including phenoxy) is 1. The molecule has 1 aliphatic carbocycles. The van der Waals surface area contributed by atoms with E-state index >= 15 is 0 Å². The van der Waals surface area contributed by atoms with Crippen molar-refractivity contribution in [2.75, 3.05) is 18.6 Å². The molecule has 2 amide bonds. The lowest BCUT2D eigenvalue weighted by atomic mass is 10.1. The van der Waals surface area contributed by atoms with Gasteiger partial charge in [-0.2, -0.15) is 0 Å². The largest absolute Gasteiger partial charge is 0.465 e. The van der Waals surface area contributed by atoms with Crippen LogP contribution in [0.15, 0.2) is 42.5 Å². The number of esters is 1. The van der Waals surface area contributed by atoms with Crippen LogP contribution < -0.4 is 10.2 Å². The molecule has 1 fully saturated rings. The molecule has 1 heterocycles. The molecule has 0 spiro atoms. The Morgan fingerprint density at radius 3 is 2.62 bits per heavy atom. The van der Waals surface area contributed by atoms with Crippen LogP contribution in [0.2, 0.25) is 0 Å². The third-order valence-corrected chi connectivity index (χ3v) is 5.73. The van der Waals surface area contributed by atoms with Crippen molar-refractivity contribution in [2.24, 2.45) is 5.92 Å². The average molecular weight is 392 g/mol. The molecule has 1 N–H and O–H groups in total. The molecular weight excluding hydrogens is 368 g/mol. The first-order chi connectivity index (χ1) is 14.0. The fourth-order valence-electron chi connectivity index (χ4n) is 4.07. The second kappa shape index (κ2) is 8.07. The van der Waals surface area contributed by atoms with Crippen molar-refractivity contribution >= 4 is 23.5 Å². The van der Waals surface area contributed by atoms with Gasteiger partial charge in [0, 0.05) is 25.2 Å². The zero-order valence-corrected chi connectivity index (χ0v) is 16.4. The van der Waals surface area contributed by atoms with Gasteiger partial charge >= 0.3 is 5.97 Å². The van der Waals surface area contributed by atoms with Crippen LogP contribution in [0.25, 0.3) is 0 Å². The van der Waals surface area contributed by atoms with Gasteiger partial charge in [0.2, 0.25) is 11.8 Å². The number of nitrogens with zero attached hydrogens (tertiary/aromatic N) is 1. The van der Waals surface area contributed by atoms with Crippen LogP contribution in [0.4, 0.5) is 5.69 Å². The van der Waals surface area contributed by atoms with Crippen molar-refractivity contribution in [3.63, 3.8) is 0 Å². The molecule has 2 aromatic carbocycles. The third-order valence-electron chi connectivity index (χ3n) is 5.73. The van der Waals surface area contributed by atoms with Crippen LogP contribution >= 0.6 is 0 Å². The number of amides is 2. The highest BCUT2D eigenvalue weighted by atomic mass is 16.5. The summed E-state index contributed by atoms with van der Waals surface area (Å²) in [4.78, 5) is 38.3. The van der Waals surface area contributed by atoms with Gasteiger partial charge in [-0.25, -0.2) is 4.79 Å². The van der Waals surface area contributed by atoms with E-state index < -0.39 is 5.97 Å². The van der Waals surface area contributed by atoms with Gasteiger partial charge in [0.1, 0.15) is 0 Å². The van der Waals surface area contributed by atoms with E-state index in [0.717, 1.165) is 24.1 Å². The number of benzene rings is 2. The molecule has 0 bridgehead atoms. The van der Waals surface area contributed by atoms with Crippen LogP contribution in [0.3, 0.4) is 0 Å². The molecule has 4 rings (SSSR count). The van der Waals surface area contributed by atoms with Gasteiger partial charge in [-0.05, 0) is 60.2 Å². The SMILES string of the molecule is COC(=O)c1ccc(CNC(=O)[C@H]2CC(=O)N(c3ccc4c(c3)CCC4)C2)cc1. The fourth-order valence-corrected chi connectivity index (χ4v) is 4.07. The maximum atomic E-state index is 12.6. The van der Waals surface area contributed by atoms with Gasteiger partial charge in [0.15, 0.2) is 0 Å². The van der Waals surface area contributed by atoms with Crippen LogP contribution in [-0.2, 0) is 33.7 Å². The van der Waals surface area contributed by atoms with Gasteiger partial charge in [0.25, 0.3) is 0 Å². The summed E-state index contributed by atoms with van der Waals surface area (Å²) in [5.74, 6) is -0.883. The number of nitrogens with one attached hydrogen (secondary N) is 1. The Morgan fingerprint density at radius 2 is 1.86 bits per heavy atom. The zero-order chi connectivity index (χ0) is 20.4. The number of carbonyl (C=O) groups is 3. The van der Waals surface area contributed by atoms with E-state index in [1.165, 1.54) is 24.7 Å². The predicted molar refractivity (Wildman–Crippen MR) is 109 cm³/mol. The van der Waals surface area contributed by atoms with Crippen molar-refractivity contribution in [3.05, 3.63) is 64.7 Å². The molecule has 2 aromatic rings. The van der Waals surface area contributed by atoms with E-state index in [4.69, 9.17) is 0 Å². The first-order valence-electron chi connectivity index (χ1n) is 9.92. The van der Waals surface area contributed by atoms with Crippen molar-refractivity contribution in [2.45, 2.75) is 32.2 Å². The molecular formula is C23H24N2O4. The number of aryl methyl sites for hydroxylation is 2. The minimum Gasteiger partial charge on any atom is -0.465 e. The molecule has 0 radical (unpaired) electrons. The van der Waals surface area contributed by atoms with E-state index in [-0.39, 0.29) is 24.2 Å². The zero-order valence-electron chi connectivity index (χ0n) is 16.4. The molecule has 2 aliphatic rings. The molecule has 1 saturated heterocycles. The van der Waals surface area contributed by atoms with E-state index in [1.807, 2.05) is 6.07 Å². The first kappa shape index (κ1) is 19.2. The Hall–Kier alpha value is -3.15. The maximum Gasteiger partial charge on any atom is 0.337 e. The number of methoxy groups -OCH3 is 1. The van der Waals surface area contributed by atoms with Crippen molar-refractivity contribution in [3.8, 4) is 0 Å². The highest BCUT2D eigenvalue weighted by Crippen LogP contribution is 2.30. The monoisotopic (exact) mass is 392 g/mol. The Bertz CT molecular complexity index is 952. The van der Waals surface area contributed by atoms with Crippen LogP contribution in [0, 0.1) is 5.92 Å². The number of fused-ring (bicyclic) bond motifs is 1. The molecule has 29 heavy (non-hydrogen) atoms. The number of hydrogen-bond donors (Lipinski definition) is 1. The van der Waals surface area contributed by atoms with Crippen molar-refractivity contribution < 1.29 is 19.1 Å². The van der Waals surface area contributed by atoms with E-state index in [9.17, 15) is 14.4 Å². The van der Waals surface area contributed by atoms with Gasteiger partial charge < -0.3 is 15.0 Å². The fraction of sp³-hybridized carbons (Fsp3) is 0.348. The summed E-state index contributed by atoms with van der Waals surface area (Å²) in [7, 11) is 1.34. The second-order valence-corrected chi connectivity index (χ2v) is 7.62. The highest BCUT2D eigenvalue weighted by Gasteiger charge is 2.35. The number of rotatable bonds is 5. The van der Waals surface area contributed by atoms with Gasteiger partial charge in [-0.15, -0.1) is 0 Å². The first-order valence-corrected chi connectivity index (χ1v) is 9.92. The summed E-state index contributed by atoms with van der Waals surface area (Å²) in [5.41, 5.74) is 4.93. The Kier molecular flexibility index (Phi) is 5.34. The van der Waals surface area contributed by atoms with Crippen LogP contribution in [-0.4, -0.2) is 31.4 Å². The molecule has 0 aromatic heterocycles. The lowest BCUT2D eigenvalue weighted by Crippen LogP contribution is -2.32. The summed E-state index contributed by atoms with van der Waals surface area (Å²) < 4.78 is 4.68. The van der Waals surface area contributed by atoms with E-state index in [2.05, 4.69) is 22.2 Å². The van der Waals surface area contributed by atoms with Crippen LogP contribution in [0.5, 0.6) is 0 Å². The highest BCUT2D eigenvalue weighted by molar-refractivity contribution is 6.00. The molecule has 0 unspecified atom stereocenters. The quantitative estimate of drug-likeness (QED) is 0.794. The molecule has 6 heteroatoms. The Morgan fingerprint density at radius 1 is 1.10 bits per heavy atom. The molecule has 6 nitrogen and oxygen atoms in total. The summed E-state index contributed by atoms with van der Waals surface area (Å²) in [6.45, 7) is 0.758. The molecule has 1 aliphatic heterocycles. The average Bonchev–Trinajstić information content (AvgIpc) is 3.37. The Labute approximate surface area is 169 Å². The Balaban J connectivity index is 1.35. The minimum absolute atomic E-state index is 0.00877. The standard InChI is InChI=1S/C23H24N2O4/c1-29-23(28)17-7-5-15(6-8-17)13-24-22(27)19-12-21(26)25(14-19)20-10-9-16-3-2-4-18(16)11-20/h5-11,19H,2-4,12-14H2,1H3,(H,24,27)/t19-/m0/s1. The van der Waals surface area contributed by atoms with E-state index in [1.54, 1.807) is 29.2 Å². The number of carbonyl (C=O) groups excluding carboxylic acids is 3. The normalized spacial score (nSPS) is 17.9. The maximum absolute atomic E-state index is 12.6. The third kappa shape index (κ3) is 4.01. The molecule has 1 atom stereocenters. The summed E-state index contributed by atoms with van der Waals surface area (Å²) in [6, 6.07) is 13.1. The topological polar surface area (TPSA) is 75.7 Å². The van der Waals surface area contributed by atoms with Gasteiger partial charge in [-0.3, -0.25) is 9.59 Å². The predicted octanol–water partition coefficient (Wildman–Crippen LogP) is 2.63. The van der Waals surface area contributed by atoms with Crippen LogP contribution in [0.1, 0.15) is 39.9 Å². The number of hydrogen-bond acceptors (Lipinski definition) is 4.